The van der Waals surface area contributed by atoms with Crippen LogP contribution in [0.2, 0.25) is 5.02 Å². The van der Waals surface area contributed by atoms with Crippen LogP contribution in [0.15, 0.2) is 24.3 Å². The number of hydrogen-bond donors (Lipinski definition) is 2. The third kappa shape index (κ3) is 3.59. The van der Waals surface area contributed by atoms with E-state index in [1.165, 1.54) is 12.8 Å². The Labute approximate surface area is 114 Å². The van der Waals surface area contributed by atoms with Gasteiger partial charge in [0.15, 0.2) is 0 Å². The van der Waals surface area contributed by atoms with Gasteiger partial charge < -0.3 is 10.8 Å². The largest absolute Gasteiger partial charge is 0.391 e. The molecule has 1 aromatic rings. The van der Waals surface area contributed by atoms with Crippen LogP contribution in [-0.2, 0) is 0 Å². The molecule has 0 heterocycles. The number of halogens is 2. The fourth-order valence-electron chi connectivity index (χ4n) is 2.47. The Morgan fingerprint density at radius 3 is 2.24 bits per heavy atom. The van der Waals surface area contributed by atoms with Crippen LogP contribution in [0.4, 0.5) is 0 Å². The summed E-state index contributed by atoms with van der Waals surface area (Å²) < 4.78 is 0. The van der Waals surface area contributed by atoms with Gasteiger partial charge in [0.1, 0.15) is 0 Å². The maximum Gasteiger partial charge on any atom is 0.0760 e. The van der Waals surface area contributed by atoms with E-state index in [4.69, 9.17) is 17.3 Å². The summed E-state index contributed by atoms with van der Waals surface area (Å²) in [6, 6.07) is 7.13. The molecule has 17 heavy (non-hydrogen) atoms. The van der Waals surface area contributed by atoms with E-state index >= 15 is 0 Å². The van der Waals surface area contributed by atoms with Crippen molar-refractivity contribution >= 4 is 24.0 Å². The Morgan fingerprint density at radius 2 is 1.71 bits per heavy atom. The molecule has 2 atom stereocenters. The van der Waals surface area contributed by atoms with Crippen LogP contribution in [0, 0.1) is 5.92 Å². The van der Waals surface area contributed by atoms with E-state index in [1.807, 2.05) is 24.3 Å². The fraction of sp³-hybridized carbons (Fsp3) is 0.538. The number of rotatable bonds is 3. The summed E-state index contributed by atoms with van der Waals surface area (Å²) in [6.45, 7) is 0. The molecule has 0 saturated heterocycles. The predicted molar refractivity (Wildman–Crippen MR) is 73.6 cm³/mol. The molecule has 1 aliphatic carbocycles. The summed E-state index contributed by atoms with van der Waals surface area (Å²) in [5.41, 5.74) is 7.04. The van der Waals surface area contributed by atoms with Crippen LogP contribution >= 0.6 is 24.0 Å². The second-order valence-corrected chi connectivity index (χ2v) is 5.05. The molecule has 0 spiro atoms. The molecule has 1 aromatic carbocycles. The number of aliphatic hydroxyl groups is 1. The Morgan fingerprint density at radius 1 is 1.18 bits per heavy atom. The molecular weight excluding hydrogens is 257 g/mol. The highest BCUT2D eigenvalue weighted by molar-refractivity contribution is 6.30. The lowest BCUT2D eigenvalue weighted by molar-refractivity contribution is 0.0845. The summed E-state index contributed by atoms with van der Waals surface area (Å²) in [4.78, 5) is 0. The zero-order valence-electron chi connectivity index (χ0n) is 9.68. The van der Waals surface area contributed by atoms with Gasteiger partial charge in [-0.3, -0.25) is 0 Å². The molecule has 0 aliphatic heterocycles. The predicted octanol–water partition coefficient (Wildman–Crippen LogP) is 3.31. The van der Waals surface area contributed by atoms with Crippen molar-refractivity contribution in [3.8, 4) is 0 Å². The van der Waals surface area contributed by atoms with Crippen molar-refractivity contribution in [2.24, 2.45) is 11.7 Å². The second kappa shape index (κ2) is 6.60. The van der Waals surface area contributed by atoms with Gasteiger partial charge in [-0.05, 0) is 36.5 Å². The standard InChI is InChI=1S/C13H18ClNO.ClH/c14-11-7-5-9(6-8-11)12(15)13(16)10-3-1-2-4-10;/h5-8,10,12-13,16H,1-4,15H2;1H/t12-,13+;/m0./s1. The zero-order valence-corrected chi connectivity index (χ0v) is 11.3. The van der Waals surface area contributed by atoms with Crippen LogP contribution in [0.5, 0.6) is 0 Å². The minimum Gasteiger partial charge on any atom is -0.391 e. The van der Waals surface area contributed by atoms with Crippen LogP contribution in [0.3, 0.4) is 0 Å². The molecule has 0 unspecified atom stereocenters. The smallest absolute Gasteiger partial charge is 0.0760 e. The molecule has 4 heteroatoms. The van der Waals surface area contributed by atoms with Gasteiger partial charge in [0, 0.05) is 5.02 Å². The first kappa shape index (κ1) is 14.8. The highest BCUT2D eigenvalue weighted by atomic mass is 35.5. The van der Waals surface area contributed by atoms with E-state index in [9.17, 15) is 5.11 Å². The molecule has 3 N–H and O–H groups in total. The Balaban J connectivity index is 0.00000144. The Bertz CT molecular complexity index is 336. The number of benzene rings is 1. The minimum absolute atomic E-state index is 0. The molecule has 0 radical (unpaired) electrons. The molecule has 2 nitrogen and oxygen atoms in total. The van der Waals surface area contributed by atoms with Gasteiger partial charge in [-0.1, -0.05) is 36.6 Å². The minimum atomic E-state index is -0.427. The topological polar surface area (TPSA) is 46.2 Å². The maximum absolute atomic E-state index is 10.2. The van der Waals surface area contributed by atoms with Crippen molar-refractivity contribution in [3.05, 3.63) is 34.9 Å². The van der Waals surface area contributed by atoms with Gasteiger partial charge in [-0.25, -0.2) is 0 Å². The molecule has 1 aliphatic rings. The molecular formula is C13H19Cl2NO. The molecule has 2 rings (SSSR count). The Hall–Kier alpha value is -0.280. The summed E-state index contributed by atoms with van der Waals surface area (Å²) in [5, 5.41) is 10.9. The first-order valence-corrected chi connectivity index (χ1v) is 6.25. The van der Waals surface area contributed by atoms with Crippen LogP contribution in [-0.4, -0.2) is 11.2 Å². The lowest BCUT2D eigenvalue weighted by Gasteiger charge is -2.24. The van der Waals surface area contributed by atoms with E-state index in [0.29, 0.717) is 10.9 Å². The summed E-state index contributed by atoms with van der Waals surface area (Å²) >= 11 is 5.82. The number of hydrogen-bond acceptors (Lipinski definition) is 2. The lowest BCUT2D eigenvalue weighted by atomic mass is 9.91. The SMILES string of the molecule is Cl.N[C@@H](c1ccc(Cl)cc1)[C@H](O)C1CCCC1. The van der Waals surface area contributed by atoms with Crippen LogP contribution in [0.25, 0.3) is 0 Å². The van der Waals surface area contributed by atoms with E-state index < -0.39 is 6.10 Å². The molecule has 0 amide bonds. The van der Waals surface area contributed by atoms with Gasteiger partial charge in [0.2, 0.25) is 0 Å². The average molecular weight is 276 g/mol. The highest BCUT2D eigenvalue weighted by Crippen LogP contribution is 2.32. The van der Waals surface area contributed by atoms with E-state index in [1.54, 1.807) is 0 Å². The maximum atomic E-state index is 10.2. The van der Waals surface area contributed by atoms with Crippen molar-refractivity contribution in [1.29, 1.82) is 0 Å². The van der Waals surface area contributed by atoms with Gasteiger partial charge in [-0.2, -0.15) is 0 Å². The highest BCUT2D eigenvalue weighted by Gasteiger charge is 2.28. The van der Waals surface area contributed by atoms with E-state index in [2.05, 4.69) is 0 Å². The zero-order chi connectivity index (χ0) is 11.5. The molecule has 0 aromatic heterocycles. The number of nitrogens with two attached hydrogens (primary N) is 1. The van der Waals surface area contributed by atoms with E-state index in [0.717, 1.165) is 18.4 Å². The van der Waals surface area contributed by atoms with Crippen molar-refractivity contribution < 1.29 is 5.11 Å². The average Bonchev–Trinajstić information content (AvgIpc) is 2.81. The fourth-order valence-corrected chi connectivity index (χ4v) is 2.60. The summed E-state index contributed by atoms with van der Waals surface area (Å²) in [6.07, 6.45) is 4.21. The van der Waals surface area contributed by atoms with Crippen LogP contribution in [0.1, 0.15) is 37.3 Å². The lowest BCUT2D eigenvalue weighted by Crippen LogP contribution is -2.31. The van der Waals surface area contributed by atoms with Crippen molar-refractivity contribution in [2.45, 2.75) is 37.8 Å². The first-order chi connectivity index (χ1) is 7.68. The first-order valence-electron chi connectivity index (χ1n) is 5.87. The van der Waals surface area contributed by atoms with Gasteiger partial charge in [0.25, 0.3) is 0 Å². The third-order valence-corrected chi connectivity index (χ3v) is 3.76. The van der Waals surface area contributed by atoms with Crippen molar-refractivity contribution in [1.82, 2.24) is 0 Å². The molecule has 96 valence electrons. The van der Waals surface area contributed by atoms with Gasteiger partial charge in [-0.15, -0.1) is 12.4 Å². The quantitative estimate of drug-likeness (QED) is 0.889. The van der Waals surface area contributed by atoms with Crippen molar-refractivity contribution in [3.63, 3.8) is 0 Å². The Kier molecular flexibility index (Phi) is 5.74. The summed E-state index contributed by atoms with van der Waals surface area (Å²) in [7, 11) is 0. The molecule has 0 bridgehead atoms. The summed E-state index contributed by atoms with van der Waals surface area (Å²) in [5.74, 6) is 0.366. The normalized spacial score (nSPS) is 19.7. The second-order valence-electron chi connectivity index (χ2n) is 4.61. The van der Waals surface area contributed by atoms with Gasteiger partial charge >= 0.3 is 0 Å². The van der Waals surface area contributed by atoms with E-state index in [-0.39, 0.29) is 18.4 Å². The third-order valence-electron chi connectivity index (χ3n) is 3.51. The molecule has 1 saturated carbocycles. The van der Waals surface area contributed by atoms with Crippen LogP contribution < -0.4 is 5.73 Å². The monoisotopic (exact) mass is 275 g/mol. The van der Waals surface area contributed by atoms with Crippen molar-refractivity contribution in [2.75, 3.05) is 0 Å². The number of aliphatic hydroxyl groups excluding tert-OH is 1. The van der Waals surface area contributed by atoms with Gasteiger partial charge in [0.05, 0.1) is 12.1 Å². The molecule has 1 fully saturated rings.